The van der Waals surface area contributed by atoms with Crippen molar-refractivity contribution in [2.75, 3.05) is 18.0 Å². The Hall–Kier alpha value is -0.836. The van der Waals surface area contributed by atoms with Gasteiger partial charge in [0.15, 0.2) is 0 Å². The minimum atomic E-state index is -1.25. The second kappa shape index (κ2) is 5.87. The van der Waals surface area contributed by atoms with Crippen LogP contribution in [0.15, 0.2) is 12.3 Å². The van der Waals surface area contributed by atoms with Gasteiger partial charge in [-0.05, 0) is 18.2 Å². The number of aromatic nitrogens is 2. The van der Waals surface area contributed by atoms with Gasteiger partial charge in [0, 0.05) is 19.3 Å². The first-order valence-electron chi connectivity index (χ1n) is 5.77. The molecule has 0 radical (unpaired) electrons. The van der Waals surface area contributed by atoms with E-state index in [0.717, 1.165) is 13.1 Å². The maximum atomic E-state index is 10.7. The maximum Gasteiger partial charge on any atom is 1.00 e. The van der Waals surface area contributed by atoms with E-state index >= 15 is 0 Å². The molecule has 0 unspecified atom stereocenters. The number of anilines is 1. The van der Waals surface area contributed by atoms with Crippen LogP contribution in [0, 0.1) is 0 Å². The monoisotopic (exact) mass is 257 g/mol. The standard InChI is InChI=1S/C11H17N3O2Si.Li/c1-17(2)7-5-14(6-8-17)11-12-4-3-9(13-11)10(15)16;/h3-4H,5-8H2,1-2H3,(H,15,16);/q;+1/p-1. The third-order valence-corrected chi connectivity index (χ3v) is 6.41. The van der Waals surface area contributed by atoms with Gasteiger partial charge in [0.05, 0.1) is 19.7 Å². The normalized spacial score (nSPS) is 18.0. The van der Waals surface area contributed by atoms with Crippen LogP contribution in [0.4, 0.5) is 5.95 Å². The predicted octanol–water partition coefficient (Wildman–Crippen LogP) is -2.63. The van der Waals surface area contributed by atoms with Gasteiger partial charge in [-0.15, -0.1) is 0 Å². The molecule has 1 aromatic rings. The molecule has 1 aliphatic rings. The Balaban J connectivity index is 0.00000162. The van der Waals surface area contributed by atoms with Gasteiger partial charge in [-0.2, -0.15) is 0 Å². The molecule has 18 heavy (non-hydrogen) atoms. The van der Waals surface area contributed by atoms with E-state index in [-0.39, 0.29) is 24.6 Å². The number of aromatic carboxylic acids is 1. The van der Waals surface area contributed by atoms with Gasteiger partial charge in [0.1, 0.15) is 0 Å². The summed E-state index contributed by atoms with van der Waals surface area (Å²) in [6.45, 7) is 6.61. The zero-order valence-corrected chi connectivity index (χ0v) is 12.1. The van der Waals surface area contributed by atoms with Crippen LogP contribution in [-0.2, 0) is 0 Å². The molecule has 1 fully saturated rings. The number of carbonyl (C=O) groups excluding carboxylic acids is 1. The number of rotatable bonds is 2. The Morgan fingerprint density at radius 3 is 2.56 bits per heavy atom. The third kappa shape index (κ3) is 3.58. The summed E-state index contributed by atoms with van der Waals surface area (Å²) in [4.78, 5) is 20.9. The molecule has 0 spiro atoms. The van der Waals surface area contributed by atoms with Gasteiger partial charge in [-0.25, -0.2) is 9.97 Å². The fourth-order valence-electron chi connectivity index (χ4n) is 1.93. The Morgan fingerprint density at radius 1 is 1.39 bits per heavy atom. The molecule has 0 atom stereocenters. The summed E-state index contributed by atoms with van der Waals surface area (Å²) < 4.78 is 0. The maximum absolute atomic E-state index is 10.7. The van der Waals surface area contributed by atoms with Crippen molar-refractivity contribution in [3.63, 3.8) is 0 Å². The van der Waals surface area contributed by atoms with E-state index in [9.17, 15) is 9.90 Å². The van der Waals surface area contributed by atoms with E-state index in [4.69, 9.17) is 0 Å². The molecule has 0 amide bonds. The third-order valence-electron chi connectivity index (χ3n) is 3.25. The van der Waals surface area contributed by atoms with Crippen LogP contribution >= 0.6 is 0 Å². The molecule has 0 saturated carbocycles. The van der Waals surface area contributed by atoms with Crippen LogP contribution in [0.3, 0.4) is 0 Å². The molecule has 2 rings (SSSR count). The molecule has 0 aromatic carbocycles. The molecule has 5 nitrogen and oxygen atoms in total. The van der Waals surface area contributed by atoms with Crippen LogP contribution in [0.5, 0.6) is 0 Å². The summed E-state index contributed by atoms with van der Waals surface area (Å²) in [6.07, 6.45) is 1.48. The number of hydrogen-bond acceptors (Lipinski definition) is 5. The van der Waals surface area contributed by atoms with Crippen molar-refractivity contribution in [1.82, 2.24) is 9.97 Å². The van der Waals surface area contributed by atoms with Gasteiger partial charge in [-0.3, -0.25) is 0 Å². The quantitative estimate of drug-likeness (QED) is 0.542. The van der Waals surface area contributed by atoms with Crippen molar-refractivity contribution < 1.29 is 28.8 Å². The van der Waals surface area contributed by atoms with E-state index < -0.39 is 14.0 Å². The largest absolute Gasteiger partial charge is 1.00 e. The van der Waals surface area contributed by atoms with Crippen molar-refractivity contribution in [1.29, 1.82) is 0 Å². The van der Waals surface area contributed by atoms with Crippen molar-refractivity contribution in [3.05, 3.63) is 18.0 Å². The van der Waals surface area contributed by atoms with Crippen molar-refractivity contribution in [3.8, 4) is 0 Å². The average molecular weight is 257 g/mol. The Morgan fingerprint density at radius 2 is 2.00 bits per heavy atom. The number of hydrogen-bond donors (Lipinski definition) is 0. The Kier molecular flexibility index (Phi) is 4.96. The van der Waals surface area contributed by atoms with Crippen molar-refractivity contribution >= 4 is 20.0 Å². The predicted molar refractivity (Wildman–Crippen MR) is 65.7 cm³/mol. The molecule has 1 aromatic heterocycles. The van der Waals surface area contributed by atoms with Gasteiger partial charge < -0.3 is 14.8 Å². The van der Waals surface area contributed by atoms with Crippen LogP contribution in [0.25, 0.3) is 0 Å². The fourth-order valence-corrected chi connectivity index (χ4v) is 3.93. The minimum Gasteiger partial charge on any atom is -0.543 e. The zero-order chi connectivity index (χ0) is 12.5. The topological polar surface area (TPSA) is 69.2 Å². The van der Waals surface area contributed by atoms with E-state index in [1.165, 1.54) is 24.4 Å². The summed E-state index contributed by atoms with van der Waals surface area (Å²) in [5.41, 5.74) is -0.0444. The van der Waals surface area contributed by atoms with Gasteiger partial charge >= 0.3 is 18.9 Å². The molecule has 92 valence electrons. The number of carboxylic acids is 1. The number of nitrogens with zero attached hydrogens (tertiary/aromatic N) is 3. The molecule has 1 saturated heterocycles. The Bertz CT molecular complexity index is 432. The first kappa shape index (κ1) is 15.2. The molecule has 1 aliphatic heterocycles. The first-order chi connectivity index (χ1) is 7.98. The van der Waals surface area contributed by atoms with E-state index in [1.54, 1.807) is 0 Å². The molecular weight excluding hydrogens is 241 g/mol. The van der Waals surface area contributed by atoms with E-state index in [0.29, 0.717) is 5.95 Å². The first-order valence-corrected chi connectivity index (χ1v) is 9.19. The van der Waals surface area contributed by atoms with Crippen molar-refractivity contribution in [2.24, 2.45) is 0 Å². The second-order valence-electron chi connectivity index (χ2n) is 5.18. The number of carboxylic acid groups (broad SMARTS) is 1. The van der Waals surface area contributed by atoms with Crippen LogP contribution < -0.4 is 28.9 Å². The summed E-state index contributed by atoms with van der Waals surface area (Å²) in [6, 6.07) is 3.76. The summed E-state index contributed by atoms with van der Waals surface area (Å²) in [5.74, 6) is -0.739. The second-order valence-corrected chi connectivity index (χ2v) is 10.5. The Labute approximate surface area is 120 Å². The molecule has 0 bridgehead atoms. The van der Waals surface area contributed by atoms with E-state index in [1.807, 2.05) is 0 Å². The molecular formula is C11H16LiN3O2Si. The van der Waals surface area contributed by atoms with Gasteiger partial charge in [-0.1, -0.05) is 13.1 Å². The smallest absolute Gasteiger partial charge is 0.543 e. The molecule has 0 N–H and O–H groups in total. The van der Waals surface area contributed by atoms with Gasteiger partial charge in [0.2, 0.25) is 5.95 Å². The van der Waals surface area contributed by atoms with Crippen LogP contribution in [0.1, 0.15) is 10.5 Å². The fraction of sp³-hybridized carbons (Fsp3) is 0.545. The summed E-state index contributed by atoms with van der Waals surface area (Å²) in [5, 5.41) is 10.7. The van der Waals surface area contributed by atoms with Crippen LogP contribution in [-0.4, -0.2) is 37.1 Å². The van der Waals surface area contributed by atoms with E-state index in [2.05, 4.69) is 28.0 Å². The molecule has 2 heterocycles. The average Bonchev–Trinajstić information content (AvgIpc) is 2.29. The van der Waals surface area contributed by atoms with Crippen molar-refractivity contribution in [2.45, 2.75) is 25.2 Å². The minimum absolute atomic E-state index is 0. The SMILES string of the molecule is C[Si]1(C)CCN(c2nccc(C(=O)[O-])n2)CC1.[Li+]. The van der Waals surface area contributed by atoms with Crippen LogP contribution in [0.2, 0.25) is 25.2 Å². The molecule has 7 heteroatoms. The zero-order valence-electron chi connectivity index (χ0n) is 11.1. The summed E-state index contributed by atoms with van der Waals surface area (Å²) >= 11 is 0. The number of carbonyl (C=O) groups is 1. The molecule has 0 aliphatic carbocycles. The van der Waals surface area contributed by atoms with Gasteiger partial charge in [0.25, 0.3) is 0 Å². The summed E-state index contributed by atoms with van der Waals surface area (Å²) in [7, 11) is -1.03.